The molecule has 2 aromatic rings. The molecular formula is C19H29N2+. The maximum Gasteiger partial charge on any atom is 0.241 e. The van der Waals surface area contributed by atoms with Crippen molar-refractivity contribution in [3.63, 3.8) is 0 Å². The molecule has 1 aromatic carbocycles. The second-order valence-electron chi connectivity index (χ2n) is 6.39. The third kappa shape index (κ3) is 4.45. The molecule has 1 heterocycles. The Balaban J connectivity index is 2.20. The van der Waals surface area contributed by atoms with Gasteiger partial charge in [0, 0.05) is 5.92 Å². The third-order valence-corrected chi connectivity index (χ3v) is 4.35. The summed E-state index contributed by atoms with van der Waals surface area (Å²) in [4.78, 5) is 3.20. The Hall–Kier alpha value is -1.57. The van der Waals surface area contributed by atoms with E-state index < -0.39 is 0 Å². The molecule has 0 amide bonds. The van der Waals surface area contributed by atoms with E-state index in [1.807, 2.05) is 6.20 Å². The van der Waals surface area contributed by atoms with E-state index in [0.29, 0.717) is 17.9 Å². The number of hydrogen-bond donors (Lipinski definition) is 1. The van der Waals surface area contributed by atoms with Gasteiger partial charge >= 0.3 is 0 Å². The molecule has 0 aliphatic carbocycles. The number of benzene rings is 1. The Kier molecular flexibility index (Phi) is 6.04. The zero-order chi connectivity index (χ0) is 15.1. The zero-order valence-corrected chi connectivity index (χ0v) is 13.6. The summed E-state index contributed by atoms with van der Waals surface area (Å²) in [6.45, 7) is 6.97. The minimum Gasteiger partial charge on any atom is -0.250 e. The third-order valence-electron chi connectivity index (χ3n) is 4.35. The summed E-state index contributed by atoms with van der Waals surface area (Å²) in [7, 11) is 0. The summed E-state index contributed by atoms with van der Waals surface area (Å²) >= 11 is 0. The molecule has 1 N–H and O–H groups in total. The molecule has 2 atom stereocenters. The average molecular weight is 285 g/mol. The first kappa shape index (κ1) is 15.8. The van der Waals surface area contributed by atoms with E-state index in [2.05, 4.69) is 73.2 Å². The summed E-state index contributed by atoms with van der Waals surface area (Å²) in [5.41, 5.74) is 1.46. The van der Waals surface area contributed by atoms with Crippen LogP contribution in [0.5, 0.6) is 0 Å². The molecule has 21 heavy (non-hydrogen) atoms. The molecule has 2 nitrogen and oxygen atoms in total. The highest BCUT2D eigenvalue weighted by Gasteiger charge is 2.29. The lowest BCUT2D eigenvalue weighted by Gasteiger charge is -2.28. The van der Waals surface area contributed by atoms with Crippen molar-refractivity contribution in [1.82, 2.24) is 4.98 Å². The van der Waals surface area contributed by atoms with Crippen LogP contribution in [0.1, 0.15) is 51.6 Å². The lowest BCUT2D eigenvalue weighted by Crippen LogP contribution is -2.45. The number of imidazole rings is 1. The maximum atomic E-state index is 3.20. The van der Waals surface area contributed by atoms with Crippen LogP contribution in [0.4, 0.5) is 0 Å². The highest BCUT2D eigenvalue weighted by atomic mass is 15.1. The highest BCUT2D eigenvalue weighted by molar-refractivity contribution is 5.15. The molecule has 0 saturated carbocycles. The van der Waals surface area contributed by atoms with Gasteiger partial charge in [-0.05, 0) is 24.3 Å². The number of aromatic nitrogens is 2. The molecule has 114 valence electrons. The second-order valence-corrected chi connectivity index (χ2v) is 6.39. The number of unbranched alkanes of at least 4 members (excludes halogenated alkanes) is 1. The van der Waals surface area contributed by atoms with Crippen LogP contribution in [-0.4, -0.2) is 4.98 Å². The van der Waals surface area contributed by atoms with Gasteiger partial charge in [-0.3, -0.25) is 4.98 Å². The van der Waals surface area contributed by atoms with Crippen LogP contribution in [0.3, 0.4) is 0 Å². The number of nitrogens with one attached hydrogen (secondary N) is 1. The topological polar surface area (TPSA) is 19.7 Å². The second kappa shape index (κ2) is 8.02. The van der Waals surface area contributed by atoms with Gasteiger partial charge in [0.15, 0.2) is 0 Å². The van der Waals surface area contributed by atoms with Crippen LogP contribution in [-0.2, 0) is 6.42 Å². The van der Waals surface area contributed by atoms with Crippen LogP contribution in [0.25, 0.3) is 0 Å². The first-order valence-corrected chi connectivity index (χ1v) is 8.29. The van der Waals surface area contributed by atoms with Gasteiger partial charge in [0.25, 0.3) is 0 Å². The maximum absolute atomic E-state index is 3.20. The molecule has 0 aliphatic heterocycles. The highest BCUT2D eigenvalue weighted by Crippen LogP contribution is 2.29. The van der Waals surface area contributed by atoms with Crippen LogP contribution in [0.15, 0.2) is 49.1 Å². The Labute approximate surface area is 129 Å². The summed E-state index contributed by atoms with van der Waals surface area (Å²) in [6, 6.07) is 11.5. The van der Waals surface area contributed by atoms with E-state index in [1.165, 1.54) is 31.2 Å². The number of H-pyrrole nitrogens is 1. The molecule has 0 bridgehead atoms. The minimum atomic E-state index is 0.558. The van der Waals surface area contributed by atoms with E-state index in [-0.39, 0.29) is 0 Å². The Morgan fingerprint density at radius 1 is 1.14 bits per heavy atom. The fourth-order valence-corrected chi connectivity index (χ4v) is 3.40. The van der Waals surface area contributed by atoms with Crippen molar-refractivity contribution in [3.8, 4) is 0 Å². The van der Waals surface area contributed by atoms with Crippen LogP contribution >= 0.6 is 0 Å². The molecule has 0 aliphatic rings. The van der Waals surface area contributed by atoms with E-state index in [1.54, 1.807) is 0 Å². The quantitative estimate of drug-likeness (QED) is 0.687. The van der Waals surface area contributed by atoms with E-state index in [9.17, 15) is 0 Å². The molecule has 2 heteroatoms. The number of rotatable bonds is 8. The van der Waals surface area contributed by atoms with Gasteiger partial charge in [0.1, 0.15) is 18.4 Å². The van der Waals surface area contributed by atoms with Crippen molar-refractivity contribution in [3.05, 3.63) is 54.6 Å². The van der Waals surface area contributed by atoms with Gasteiger partial charge in [-0.25, -0.2) is 4.57 Å². The van der Waals surface area contributed by atoms with Crippen molar-refractivity contribution in [2.45, 2.75) is 52.5 Å². The van der Waals surface area contributed by atoms with Gasteiger partial charge in [0.05, 0.1) is 0 Å². The van der Waals surface area contributed by atoms with Crippen molar-refractivity contribution >= 4 is 0 Å². The SMILES string of the molecule is CCCCC(Cc1ccccc1)C(C(C)C)[n+]1cc[nH]c1. The van der Waals surface area contributed by atoms with E-state index in [4.69, 9.17) is 0 Å². The summed E-state index contributed by atoms with van der Waals surface area (Å²) in [5.74, 6) is 1.32. The molecule has 1 aromatic heterocycles. The molecule has 0 fully saturated rings. The molecule has 2 rings (SSSR count). The zero-order valence-electron chi connectivity index (χ0n) is 13.6. The Morgan fingerprint density at radius 2 is 1.90 bits per heavy atom. The normalized spacial score (nSPS) is 14.3. The van der Waals surface area contributed by atoms with Crippen molar-refractivity contribution in [2.75, 3.05) is 0 Å². The van der Waals surface area contributed by atoms with Gasteiger partial charge in [-0.2, -0.15) is 0 Å². The predicted molar refractivity (Wildman–Crippen MR) is 88.0 cm³/mol. The van der Waals surface area contributed by atoms with Crippen LogP contribution in [0, 0.1) is 11.8 Å². The predicted octanol–water partition coefficient (Wildman–Crippen LogP) is 4.55. The van der Waals surface area contributed by atoms with E-state index >= 15 is 0 Å². The summed E-state index contributed by atoms with van der Waals surface area (Å²) in [6.07, 6.45) is 11.4. The van der Waals surface area contributed by atoms with Gasteiger partial charge in [-0.1, -0.05) is 63.9 Å². The van der Waals surface area contributed by atoms with Crippen LogP contribution < -0.4 is 4.57 Å². The number of hydrogen-bond acceptors (Lipinski definition) is 0. The monoisotopic (exact) mass is 285 g/mol. The lowest BCUT2D eigenvalue weighted by molar-refractivity contribution is -0.735. The van der Waals surface area contributed by atoms with E-state index in [0.717, 1.165) is 0 Å². The van der Waals surface area contributed by atoms with Crippen LogP contribution in [0.2, 0.25) is 0 Å². The number of aromatic amines is 1. The molecular weight excluding hydrogens is 256 g/mol. The first-order chi connectivity index (χ1) is 10.2. The molecule has 2 unspecified atom stereocenters. The fraction of sp³-hybridized carbons (Fsp3) is 0.526. The Bertz CT molecular complexity index is 488. The first-order valence-electron chi connectivity index (χ1n) is 8.29. The lowest BCUT2D eigenvalue weighted by atomic mass is 9.82. The smallest absolute Gasteiger partial charge is 0.241 e. The van der Waals surface area contributed by atoms with Crippen molar-refractivity contribution < 1.29 is 4.57 Å². The van der Waals surface area contributed by atoms with Gasteiger partial charge < -0.3 is 0 Å². The largest absolute Gasteiger partial charge is 0.250 e. The summed E-state index contributed by atoms with van der Waals surface area (Å²) in [5, 5.41) is 0. The van der Waals surface area contributed by atoms with Gasteiger partial charge in [0.2, 0.25) is 6.33 Å². The summed E-state index contributed by atoms with van der Waals surface area (Å²) < 4.78 is 2.37. The standard InChI is InChI=1S/C19H28N2/c1-4-5-11-18(14-17-9-7-6-8-10-17)19(16(2)3)21-13-12-20-15-21/h6-10,12-13,15-16,18-19H,4-5,11,14H2,1-3H3/p+1. The Morgan fingerprint density at radius 3 is 2.48 bits per heavy atom. The average Bonchev–Trinajstić information content (AvgIpc) is 2.99. The minimum absolute atomic E-state index is 0.558. The molecule has 0 radical (unpaired) electrons. The number of nitrogens with zero attached hydrogens (tertiary/aromatic N) is 1. The van der Waals surface area contributed by atoms with Gasteiger partial charge in [-0.15, -0.1) is 0 Å². The van der Waals surface area contributed by atoms with Crippen molar-refractivity contribution in [2.24, 2.45) is 11.8 Å². The fourth-order valence-electron chi connectivity index (χ4n) is 3.40. The van der Waals surface area contributed by atoms with Crippen molar-refractivity contribution in [1.29, 1.82) is 0 Å². The molecule has 0 saturated heterocycles. The molecule has 0 spiro atoms.